The zero-order chi connectivity index (χ0) is 23.8. The number of aryl methyl sites for hydroxylation is 2. The third-order valence-electron chi connectivity index (χ3n) is 5.80. The van der Waals surface area contributed by atoms with E-state index in [-0.39, 0.29) is 5.82 Å². The molecule has 3 heterocycles. The Kier molecular flexibility index (Phi) is 5.45. The number of benzene rings is 2. The van der Waals surface area contributed by atoms with Crippen molar-refractivity contribution in [3.8, 4) is 33.8 Å². The zero-order valence-electron chi connectivity index (χ0n) is 19.4. The van der Waals surface area contributed by atoms with E-state index >= 15 is 4.39 Å². The Morgan fingerprint density at radius 1 is 0.735 bits per heavy atom. The average molecular weight is 451 g/mol. The van der Waals surface area contributed by atoms with E-state index in [0.29, 0.717) is 28.2 Å². The van der Waals surface area contributed by atoms with Crippen molar-refractivity contribution >= 4 is 16.9 Å². The molecule has 168 valence electrons. The summed E-state index contributed by atoms with van der Waals surface area (Å²) >= 11 is 0. The number of pyridine rings is 1. The SMILES string of the molecule is Cc1nc2nc(-c3cccc(-c4ccncc4)c3)nc(-c3ccc(N(C)C)cc3F)c2nc1C. The van der Waals surface area contributed by atoms with Crippen LogP contribution in [-0.2, 0) is 0 Å². The molecule has 0 radical (unpaired) electrons. The van der Waals surface area contributed by atoms with Crippen molar-refractivity contribution < 1.29 is 4.39 Å². The van der Waals surface area contributed by atoms with Crippen molar-refractivity contribution in [1.29, 1.82) is 0 Å². The van der Waals surface area contributed by atoms with E-state index in [0.717, 1.165) is 33.8 Å². The van der Waals surface area contributed by atoms with Gasteiger partial charge in [0.15, 0.2) is 11.5 Å². The normalized spacial score (nSPS) is 11.1. The first-order valence-electron chi connectivity index (χ1n) is 10.9. The Bertz CT molecular complexity index is 1520. The summed E-state index contributed by atoms with van der Waals surface area (Å²) in [4.78, 5) is 24.8. The number of rotatable bonds is 4. The molecule has 0 fully saturated rings. The fraction of sp³-hybridized carbons (Fsp3) is 0.148. The van der Waals surface area contributed by atoms with Crippen LogP contribution < -0.4 is 4.90 Å². The molecule has 0 amide bonds. The third-order valence-corrected chi connectivity index (χ3v) is 5.80. The minimum atomic E-state index is -0.372. The number of nitrogens with zero attached hydrogens (tertiary/aromatic N) is 6. The summed E-state index contributed by atoms with van der Waals surface area (Å²) < 4.78 is 15.3. The number of halogens is 1. The molecule has 0 bridgehead atoms. The number of anilines is 1. The van der Waals surface area contributed by atoms with Gasteiger partial charge in [0.05, 0.1) is 11.4 Å². The molecule has 0 aliphatic heterocycles. The second kappa shape index (κ2) is 8.59. The van der Waals surface area contributed by atoms with Gasteiger partial charge in [-0.1, -0.05) is 18.2 Å². The molecule has 34 heavy (non-hydrogen) atoms. The van der Waals surface area contributed by atoms with Crippen molar-refractivity contribution in [3.05, 3.63) is 84.2 Å². The quantitative estimate of drug-likeness (QED) is 0.353. The summed E-state index contributed by atoms with van der Waals surface area (Å²) in [5, 5.41) is 0. The lowest BCUT2D eigenvalue weighted by atomic mass is 10.0. The van der Waals surface area contributed by atoms with Crippen LogP contribution in [0.15, 0.2) is 67.0 Å². The Balaban J connectivity index is 1.74. The minimum Gasteiger partial charge on any atom is -0.378 e. The zero-order valence-corrected chi connectivity index (χ0v) is 19.4. The molecular formula is C27H23FN6. The Hall–Kier alpha value is -4.26. The molecule has 5 aromatic rings. The van der Waals surface area contributed by atoms with Crippen LogP contribution in [0.25, 0.3) is 44.9 Å². The summed E-state index contributed by atoms with van der Waals surface area (Å²) in [6.07, 6.45) is 3.51. The van der Waals surface area contributed by atoms with Gasteiger partial charge in [0.2, 0.25) is 0 Å². The van der Waals surface area contributed by atoms with Crippen molar-refractivity contribution in [2.24, 2.45) is 0 Å². The molecule has 6 nitrogen and oxygen atoms in total. The van der Waals surface area contributed by atoms with Crippen LogP contribution in [0, 0.1) is 19.7 Å². The molecule has 0 aliphatic rings. The van der Waals surface area contributed by atoms with Crippen molar-refractivity contribution in [2.75, 3.05) is 19.0 Å². The maximum absolute atomic E-state index is 15.3. The van der Waals surface area contributed by atoms with Gasteiger partial charge in [0.25, 0.3) is 0 Å². The van der Waals surface area contributed by atoms with Crippen LogP contribution >= 0.6 is 0 Å². The Morgan fingerprint density at radius 3 is 2.21 bits per heavy atom. The maximum Gasteiger partial charge on any atom is 0.182 e. The molecule has 0 saturated heterocycles. The second-order valence-corrected chi connectivity index (χ2v) is 8.34. The lowest BCUT2D eigenvalue weighted by Gasteiger charge is -2.15. The standard InChI is InChI=1S/C27H23FN6/c1-16-17(2)31-27-25(30-16)24(22-9-8-21(34(3)4)15-23(22)28)32-26(33-27)20-7-5-6-19(14-20)18-10-12-29-13-11-18/h5-15H,1-4H3. The highest BCUT2D eigenvalue weighted by atomic mass is 19.1. The summed E-state index contributed by atoms with van der Waals surface area (Å²) in [5.74, 6) is 0.0924. The first-order chi connectivity index (χ1) is 16.4. The highest BCUT2D eigenvalue weighted by Gasteiger charge is 2.18. The van der Waals surface area contributed by atoms with Crippen molar-refractivity contribution in [3.63, 3.8) is 0 Å². The number of fused-ring (bicyclic) bond motifs is 1. The summed E-state index contributed by atoms with van der Waals surface area (Å²) in [6, 6.07) is 16.9. The minimum absolute atomic E-state index is 0.363. The van der Waals surface area contributed by atoms with Gasteiger partial charge < -0.3 is 4.90 Å². The van der Waals surface area contributed by atoms with Gasteiger partial charge >= 0.3 is 0 Å². The fourth-order valence-electron chi connectivity index (χ4n) is 3.79. The lowest BCUT2D eigenvalue weighted by Crippen LogP contribution is -2.09. The topological polar surface area (TPSA) is 67.7 Å². The highest BCUT2D eigenvalue weighted by molar-refractivity contribution is 5.89. The molecule has 0 N–H and O–H groups in total. The van der Waals surface area contributed by atoms with E-state index < -0.39 is 0 Å². The van der Waals surface area contributed by atoms with E-state index in [1.54, 1.807) is 18.5 Å². The van der Waals surface area contributed by atoms with Crippen LogP contribution in [0.1, 0.15) is 11.4 Å². The molecule has 0 saturated carbocycles. The first kappa shape index (κ1) is 21.6. The van der Waals surface area contributed by atoms with Gasteiger partial charge in [-0.2, -0.15) is 0 Å². The molecule has 7 heteroatoms. The van der Waals surface area contributed by atoms with Gasteiger partial charge in [-0.15, -0.1) is 0 Å². The van der Waals surface area contributed by atoms with Crippen LogP contribution in [0.3, 0.4) is 0 Å². The van der Waals surface area contributed by atoms with Gasteiger partial charge in [-0.05, 0) is 61.4 Å². The summed E-state index contributed by atoms with van der Waals surface area (Å²) in [6.45, 7) is 3.77. The largest absolute Gasteiger partial charge is 0.378 e. The van der Waals surface area contributed by atoms with Crippen molar-refractivity contribution in [1.82, 2.24) is 24.9 Å². The average Bonchev–Trinajstić information content (AvgIpc) is 2.85. The molecule has 3 aromatic heterocycles. The number of aromatic nitrogens is 5. The summed E-state index contributed by atoms with van der Waals surface area (Å²) in [7, 11) is 3.75. The molecule has 0 spiro atoms. The van der Waals surface area contributed by atoms with Crippen LogP contribution in [0.4, 0.5) is 10.1 Å². The van der Waals surface area contributed by atoms with Gasteiger partial charge in [0, 0.05) is 43.3 Å². The predicted octanol–water partition coefficient (Wildman–Crippen LogP) is 5.64. The van der Waals surface area contributed by atoms with E-state index in [4.69, 9.17) is 9.97 Å². The molecule has 0 atom stereocenters. The number of hydrogen-bond donors (Lipinski definition) is 0. The lowest BCUT2D eigenvalue weighted by molar-refractivity contribution is 0.630. The van der Waals surface area contributed by atoms with Crippen LogP contribution in [0.5, 0.6) is 0 Å². The molecule has 2 aromatic carbocycles. The number of hydrogen-bond acceptors (Lipinski definition) is 6. The van der Waals surface area contributed by atoms with E-state index in [2.05, 4.69) is 15.0 Å². The van der Waals surface area contributed by atoms with E-state index in [1.165, 1.54) is 6.07 Å². The smallest absolute Gasteiger partial charge is 0.182 e. The molecule has 0 unspecified atom stereocenters. The third kappa shape index (κ3) is 3.96. The maximum atomic E-state index is 15.3. The van der Waals surface area contributed by atoms with Gasteiger partial charge in [-0.3, -0.25) is 4.98 Å². The Labute approximate surface area is 197 Å². The van der Waals surface area contributed by atoms with Crippen LogP contribution in [0.2, 0.25) is 0 Å². The molecule has 0 aliphatic carbocycles. The first-order valence-corrected chi connectivity index (χ1v) is 10.9. The highest BCUT2D eigenvalue weighted by Crippen LogP contribution is 2.32. The predicted molar refractivity (Wildman–Crippen MR) is 133 cm³/mol. The van der Waals surface area contributed by atoms with Crippen LogP contribution in [-0.4, -0.2) is 39.0 Å². The molecular weight excluding hydrogens is 427 g/mol. The monoisotopic (exact) mass is 450 g/mol. The Morgan fingerprint density at radius 2 is 1.47 bits per heavy atom. The van der Waals surface area contributed by atoms with E-state index in [1.807, 2.05) is 75.3 Å². The van der Waals surface area contributed by atoms with Gasteiger partial charge in [0.1, 0.15) is 17.0 Å². The van der Waals surface area contributed by atoms with Crippen molar-refractivity contribution in [2.45, 2.75) is 13.8 Å². The van der Waals surface area contributed by atoms with E-state index in [9.17, 15) is 0 Å². The second-order valence-electron chi connectivity index (χ2n) is 8.34. The molecule has 5 rings (SSSR count). The van der Waals surface area contributed by atoms with Gasteiger partial charge in [-0.25, -0.2) is 24.3 Å². The summed E-state index contributed by atoms with van der Waals surface area (Å²) in [5.41, 5.74) is 6.86. The fourth-order valence-corrected chi connectivity index (χ4v) is 3.79.